The summed E-state index contributed by atoms with van der Waals surface area (Å²) in [6.07, 6.45) is 17.1. The quantitative estimate of drug-likeness (QED) is 0.171. The first kappa shape index (κ1) is 27.7. The summed E-state index contributed by atoms with van der Waals surface area (Å²) in [7, 11) is 0. The van der Waals surface area contributed by atoms with E-state index in [0.29, 0.717) is 10.8 Å². The molecule has 4 unspecified atom stereocenters. The van der Waals surface area contributed by atoms with Gasteiger partial charge < -0.3 is 4.74 Å². The van der Waals surface area contributed by atoms with Crippen molar-refractivity contribution in [1.29, 1.82) is 0 Å². The van der Waals surface area contributed by atoms with Crippen LogP contribution >= 0.6 is 15.9 Å². The number of hydrogen-bond acceptors (Lipinski definition) is 2. The van der Waals surface area contributed by atoms with Gasteiger partial charge in [-0.3, -0.25) is 4.79 Å². The van der Waals surface area contributed by atoms with Crippen molar-refractivity contribution in [2.45, 2.75) is 130 Å². The zero-order valence-electron chi connectivity index (χ0n) is 23.7. The molecule has 0 spiro atoms. The zero-order valence-corrected chi connectivity index (χ0v) is 25.3. The van der Waals surface area contributed by atoms with Gasteiger partial charge >= 0.3 is 5.97 Å². The van der Waals surface area contributed by atoms with E-state index in [2.05, 4.69) is 70.5 Å². The maximum atomic E-state index is 12.6. The van der Waals surface area contributed by atoms with Crippen LogP contribution in [0.15, 0.2) is 11.6 Å². The number of halogens is 1. The highest BCUT2D eigenvalue weighted by Crippen LogP contribution is 2.67. The topological polar surface area (TPSA) is 26.3 Å². The molecule has 9 atom stereocenters. The number of carbonyl (C=O) groups is 1. The van der Waals surface area contributed by atoms with E-state index in [9.17, 15) is 4.79 Å². The van der Waals surface area contributed by atoms with Gasteiger partial charge in [0.15, 0.2) is 0 Å². The molecule has 0 heterocycles. The monoisotopic (exact) mass is 548 g/mol. The number of alkyl halides is 1. The van der Waals surface area contributed by atoms with Gasteiger partial charge in [-0.15, -0.1) is 0 Å². The van der Waals surface area contributed by atoms with Gasteiger partial charge in [0, 0.05) is 6.42 Å². The van der Waals surface area contributed by atoms with Crippen LogP contribution < -0.4 is 0 Å². The Morgan fingerprint density at radius 2 is 1.77 bits per heavy atom. The third-order valence-corrected chi connectivity index (χ3v) is 12.8. The van der Waals surface area contributed by atoms with E-state index in [0.717, 1.165) is 48.3 Å². The maximum Gasteiger partial charge on any atom is 0.320 e. The average Bonchev–Trinajstić information content (AvgIpc) is 3.15. The lowest BCUT2D eigenvalue weighted by molar-refractivity contribution is -0.151. The highest BCUT2D eigenvalue weighted by atomic mass is 79.9. The molecule has 0 aromatic heterocycles. The number of rotatable bonds is 8. The summed E-state index contributed by atoms with van der Waals surface area (Å²) in [5.74, 6) is 5.42. The normalized spacial score (nSPS) is 40.5. The van der Waals surface area contributed by atoms with Crippen molar-refractivity contribution >= 4 is 21.9 Å². The van der Waals surface area contributed by atoms with E-state index < -0.39 is 0 Å². The predicted octanol–water partition coefficient (Wildman–Crippen LogP) is 9.36. The Bertz CT molecular complexity index is 786. The predicted molar refractivity (Wildman–Crippen MR) is 150 cm³/mol. The third-order valence-electron chi connectivity index (χ3n) is 11.4. The summed E-state index contributed by atoms with van der Waals surface area (Å²) in [5, 5.41) is 0. The largest absolute Gasteiger partial charge is 0.461 e. The van der Waals surface area contributed by atoms with Gasteiger partial charge in [0.1, 0.15) is 10.9 Å². The van der Waals surface area contributed by atoms with E-state index in [-0.39, 0.29) is 22.8 Å². The fraction of sp³-hybridized carbons (Fsp3) is 0.906. The first-order chi connectivity index (χ1) is 16.5. The van der Waals surface area contributed by atoms with Crippen molar-refractivity contribution in [2.75, 3.05) is 0 Å². The average molecular weight is 550 g/mol. The van der Waals surface area contributed by atoms with Crippen molar-refractivity contribution in [3.63, 3.8) is 0 Å². The SMILES string of the molecule is CC(C)CCC[C@@H](C)[C@H]1CCC2C3CC=C4C[C@@H](OC(=O)C(Br)C(C)C)CC[C@]4(C)C3CC[C@@]21C. The molecule has 0 bridgehead atoms. The molecule has 3 fully saturated rings. The van der Waals surface area contributed by atoms with E-state index in [1.54, 1.807) is 5.57 Å². The summed E-state index contributed by atoms with van der Waals surface area (Å²) in [5.41, 5.74) is 2.48. The number of esters is 1. The number of fused-ring (bicyclic) bond motifs is 5. The molecule has 0 aliphatic heterocycles. The molecule has 4 aliphatic rings. The summed E-state index contributed by atoms with van der Waals surface area (Å²) in [6.45, 7) is 16.7. The Morgan fingerprint density at radius 1 is 1.03 bits per heavy atom. The summed E-state index contributed by atoms with van der Waals surface area (Å²) in [4.78, 5) is 12.4. The second kappa shape index (κ2) is 10.8. The lowest BCUT2D eigenvalue weighted by Gasteiger charge is -2.58. The van der Waals surface area contributed by atoms with Crippen LogP contribution in [0, 0.1) is 52.3 Å². The Morgan fingerprint density at radius 3 is 2.46 bits per heavy atom. The molecule has 2 nitrogen and oxygen atoms in total. The second-order valence-corrected chi connectivity index (χ2v) is 15.2. The smallest absolute Gasteiger partial charge is 0.320 e. The van der Waals surface area contributed by atoms with E-state index in [1.165, 1.54) is 57.8 Å². The fourth-order valence-electron chi connectivity index (χ4n) is 9.25. The molecule has 0 radical (unpaired) electrons. The minimum absolute atomic E-state index is 0.0635. The molecular weight excluding hydrogens is 496 g/mol. The lowest BCUT2D eigenvalue weighted by atomic mass is 9.47. The standard InChI is InChI=1S/C32H53BrO2/c1-20(2)9-8-10-22(5)26-13-14-27-25-12-11-23-19-24(35-30(34)29(33)21(3)4)15-17-31(23,6)28(25)16-18-32(26,27)7/h11,20-22,24-29H,8-10,12-19H2,1-7H3/t22-,24+,25?,26-,27?,28?,29?,31+,32-/m1/s1. The molecule has 0 N–H and O–H groups in total. The molecule has 35 heavy (non-hydrogen) atoms. The number of allylic oxidation sites excluding steroid dienone is 1. The van der Waals surface area contributed by atoms with Crippen LogP contribution in [0.25, 0.3) is 0 Å². The van der Waals surface area contributed by atoms with Gasteiger partial charge in [0.2, 0.25) is 0 Å². The highest BCUT2D eigenvalue weighted by Gasteiger charge is 2.59. The van der Waals surface area contributed by atoms with Crippen molar-refractivity contribution in [1.82, 2.24) is 0 Å². The Kier molecular flexibility index (Phi) is 8.57. The molecule has 0 aromatic rings. The van der Waals surface area contributed by atoms with Gasteiger partial charge in [-0.25, -0.2) is 0 Å². The van der Waals surface area contributed by atoms with Crippen molar-refractivity contribution in [3.05, 3.63) is 11.6 Å². The second-order valence-electron chi connectivity index (χ2n) is 14.2. The molecule has 200 valence electrons. The van der Waals surface area contributed by atoms with E-state index in [4.69, 9.17) is 4.74 Å². The van der Waals surface area contributed by atoms with Crippen LogP contribution in [0.2, 0.25) is 0 Å². The summed E-state index contributed by atoms with van der Waals surface area (Å²) >= 11 is 3.54. The molecule has 0 amide bonds. The van der Waals surface area contributed by atoms with Crippen molar-refractivity contribution < 1.29 is 9.53 Å². The van der Waals surface area contributed by atoms with Gasteiger partial charge in [-0.05, 0) is 97.2 Å². The molecule has 3 heteroatoms. The third kappa shape index (κ3) is 5.33. The van der Waals surface area contributed by atoms with Crippen molar-refractivity contribution in [2.24, 2.45) is 52.3 Å². The van der Waals surface area contributed by atoms with Crippen LogP contribution in [-0.4, -0.2) is 16.9 Å². The van der Waals surface area contributed by atoms with Crippen LogP contribution in [0.1, 0.15) is 119 Å². The maximum absolute atomic E-state index is 12.6. The molecule has 4 rings (SSSR count). The molecular formula is C32H53BrO2. The number of ether oxygens (including phenoxy) is 1. The number of carbonyl (C=O) groups excluding carboxylic acids is 1. The van der Waals surface area contributed by atoms with Crippen LogP contribution in [0.5, 0.6) is 0 Å². The molecule has 4 aliphatic carbocycles. The van der Waals surface area contributed by atoms with E-state index in [1.807, 2.05) is 0 Å². The minimum Gasteiger partial charge on any atom is -0.461 e. The first-order valence-corrected chi connectivity index (χ1v) is 15.9. The van der Waals surface area contributed by atoms with Gasteiger partial charge in [-0.2, -0.15) is 0 Å². The fourth-order valence-corrected chi connectivity index (χ4v) is 9.36. The number of hydrogen-bond donors (Lipinski definition) is 0. The lowest BCUT2D eigenvalue weighted by Crippen LogP contribution is -2.51. The highest BCUT2D eigenvalue weighted by molar-refractivity contribution is 9.10. The molecule has 0 aromatic carbocycles. The van der Waals surface area contributed by atoms with Gasteiger partial charge in [0.25, 0.3) is 0 Å². The summed E-state index contributed by atoms with van der Waals surface area (Å²) in [6, 6.07) is 0. The van der Waals surface area contributed by atoms with Gasteiger partial charge in [-0.1, -0.05) is 95.3 Å². The van der Waals surface area contributed by atoms with Crippen LogP contribution in [0.3, 0.4) is 0 Å². The summed E-state index contributed by atoms with van der Waals surface area (Å²) < 4.78 is 5.99. The van der Waals surface area contributed by atoms with Gasteiger partial charge in [0.05, 0.1) is 0 Å². The molecule has 3 saturated carbocycles. The van der Waals surface area contributed by atoms with Crippen LogP contribution in [-0.2, 0) is 9.53 Å². The minimum atomic E-state index is -0.195. The Labute approximate surface area is 224 Å². The zero-order chi connectivity index (χ0) is 25.5. The van der Waals surface area contributed by atoms with Crippen molar-refractivity contribution in [3.8, 4) is 0 Å². The molecule has 0 saturated heterocycles. The Hall–Kier alpha value is -0.310. The Balaban J connectivity index is 1.43. The first-order valence-electron chi connectivity index (χ1n) is 15.0. The van der Waals surface area contributed by atoms with E-state index >= 15 is 0 Å². The van der Waals surface area contributed by atoms with Crippen LogP contribution in [0.4, 0.5) is 0 Å².